The first-order chi connectivity index (χ1) is 9.40. The summed E-state index contributed by atoms with van der Waals surface area (Å²) < 4.78 is 2.59. The van der Waals surface area contributed by atoms with Crippen LogP contribution in [0.4, 0.5) is 0 Å². The molecule has 0 spiro atoms. The van der Waals surface area contributed by atoms with Gasteiger partial charge in [0.25, 0.3) is 0 Å². The lowest BCUT2D eigenvalue weighted by Crippen LogP contribution is -2.26. The molecule has 0 N–H and O–H groups in total. The van der Waals surface area contributed by atoms with Crippen molar-refractivity contribution < 1.29 is 0 Å². The van der Waals surface area contributed by atoms with Gasteiger partial charge in [0.1, 0.15) is 0 Å². The van der Waals surface area contributed by atoms with Crippen LogP contribution < -0.4 is 5.69 Å². The van der Waals surface area contributed by atoms with Crippen LogP contribution in [0.3, 0.4) is 0 Å². The van der Waals surface area contributed by atoms with Gasteiger partial charge < -0.3 is 0 Å². The minimum Gasteiger partial charge on any atom is -0.291 e. The van der Waals surface area contributed by atoms with Gasteiger partial charge in [-0.1, -0.05) is 38.1 Å². The van der Waals surface area contributed by atoms with E-state index in [1.54, 1.807) is 4.57 Å². The zero-order valence-electron chi connectivity index (χ0n) is 12.3. The molecular weight excluding hydrogens is 316 g/mol. The zero-order valence-corrected chi connectivity index (χ0v) is 13.9. The SMILES string of the molecule is Cc1nc(=O)n(Cc2ccc(C(C)C)cc2)c(C)c1Br. The number of rotatable bonds is 3. The highest BCUT2D eigenvalue weighted by Crippen LogP contribution is 2.19. The number of hydrogen-bond donors (Lipinski definition) is 0. The van der Waals surface area contributed by atoms with Crippen LogP contribution in [0.25, 0.3) is 0 Å². The van der Waals surface area contributed by atoms with Gasteiger partial charge in [-0.2, -0.15) is 4.98 Å². The summed E-state index contributed by atoms with van der Waals surface area (Å²) in [7, 11) is 0. The third kappa shape index (κ3) is 3.01. The number of aromatic nitrogens is 2. The van der Waals surface area contributed by atoms with E-state index >= 15 is 0 Å². The van der Waals surface area contributed by atoms with E-state index in [0.29, 0.717) is 12.5 Å². The monoisotopic (exact) mass is 334 g/mol. The van der Waals surface area contributed by atoms with Gasteiger partial charge in [-0.05, 0) is 46.8 Å². The van der Waals surface area contributed by atoms with Crippen LogP contribution in [0, 0.1) is 13.8 Å². The third-order valence-electron chi connectivity index (χ3n) is 3.52. The average Bonchev–Trinajstić information content (AvgIpc) is 2.42. The molecule has 1 aromatic carbocycles. The topological polar surface area (TPSA) is 34.9 Å². The molecule has 0 atom stereocenters. The zero-order chi connectivity index (χ0) is 14.9. The molecule has 0 radical (unpaired) electrons. The first kappa shape index (κ1) is 15.0. The number of halogens is 1. The van der Waals surface area contributed by atoms with Crippen molar-refractivity contribution in [1.82, 2.24) is 9.55 Å². The fourth-order valence-corrected chi connectivity index (χ4v) is 2.46. The fourth-order valence-electron chi connectivity index (χ4n) is 2.15. The van der Waals surface area contributed by atoms with Crippen molar-refractivity contribution in [3.8, 4) is 0 Å². The smallest absolute Gasteiger partial charge is 0.291 e. The molecule has 0 bridgehead atoms. The number of aryl methyl sites for hydroxylation is 1. The molecule has 0 unspecified atom stereocenters. The summed E-state index contributed by atoms with van der Waals surface area (Å²) in [5.41, 5.74) is 3.86. The van der Waals surface area contributed by atoms with Gasteiger partial charge in [-0.3, -0.25) is 4.57 Å². The molecule has 20 heavy (non-hydrogen) atoms. The Balaban J connectivity index is 2.35. The molecule has 1 heterocycles. The molecule has 106 valence electrons. The molecule has 0 aliphatic carbocycles. The van der Waals surface area contributed by atoms with Gasteiger partial charge in [0.15, 0.2) is 0 Å². The molecule has 4 heteroatoms. The van der Waals surface area contributed by atoms with Gasteiger partial charge in [0.05, 0.1) is 16.7 Å². The van der Waals surface area contributed by atoms with Crippen molar-refractivity contribution in [2.24, 2.45) is 0 Å². The Morgan fingerprint density at radius 1 is 1.20 bits per heavy atom. The van der Waals surface area contributed by atoms with Gasteiger partial charge in [0, 0.05) is 5.69 Å². The lowest BCUT2D eigenvalue weighted by Gasteiger charge is -2.13. The predicted octanol–water partition coefficient (Wildman–Crippen LogP) is 3.79. The number of benzene rings is 1. The lowest BCUT2D eigenvalue weighted by atomic mass is 10.0. The minimum atomic E-state index is -0.198. The second-order valence-corrected chi connectivity index (χ2v) is 6.15. The van der Waals surface area contributed by atoms with Crippen LogP contribution in [0.15, 0.2) is 33.5 Å². The molecule has 3 nitrogen and oxygen atoms in total. The Morgan fingerprint density at radius 3 is 2.35 bits per heavy atom. The van der Waals surface area contributed by atoms with E-state index in [0.717, 1.165) is 21.4 Å². The molecule has 1 aromatic heterocycles. The van der Waals surface area contributed by atoms with Crippen LogP contribution in [0.5, 0.6) is 0 Å². The van der Waals surface area contributed by atoms with E-state index in [9.17, 15) is 4.79 Å². The van der Waals surface area contributed by atoms with Gasteiger partial charge >= 0.3 is 5.69 Å². The van der Waals surface area contributed by atoms with Gasteiger partial charge in [-0.25, -0.2) is 4.79 Å². The molecule has 0 aliphatic heterocycles. The summed E-state index contributed by atoms with van der Waals surface area (Å²) in [5.74, 6) is 0.517. The second-order valence-electron chi connectivity index (χ2n) is 5.36. The maximum atomic E-state index is 12.0. The highest BCUT2D eigenvalue weighted by Gasteiger charge is 2.09. The van der Waals surface area contributed by atoms with E-state index in [-0.39, 0.29) is 5.69 Å². The lowest BCUT2D eigenvalue weighted by molar-refractivity contribution is 0.688. The second kappa shape index (κ2) is 5.92. The van der Waals surface area contributed by atoms with E-state index < -0.39 is 0 Å². The standard InChI is InChI=1S/C16H19BrN2O/c1-10(2)14-7-5-13(6-8-14)9-19-12(4)15(17)11(3)18-16(19)20/h5-8,10H,9H2,1-4H3. The first-order valence-electron chi connectivity index (χ1n) is 6.72. The molecular formula is C16H19BrN2O. The number of hydrogen-bond acceptors (Lipinski definition) is 2. The molecule has 0 fully saturated rings. The average molecular weight is 335 g/mol. The van der Waals surface area contributed by atoms with Gasteiger partial charge in [-0.15, -0.1) is 0 Å². The maximum Gasteiger partial charge on any atom is 0.348 e. The summed E-state index contributed by atoms with van der Waals surface area (Å²) in [4.78, 5) is 16.1. The summed E-state index contributed by atoms with van der Waals surface area (Å²) in [6, 6.07) is 8.40. The largest absolute Gasteiger partial charge is 0.348 e. The summed E-state index contributed by atoms with van der Waals surface area (Å²) in [5, 5.41) is 0. The van der Waals surface area contributed by atoms with Crippen molar-refractivity contribution >= 4 is 15.9 Å². The molecule has 2 rings (SSSR count). The van der Waals surface area contributed by atoms with Crippen LogP contribution in [-0.2, 0) is 6.54 Å². The number of nitrogens with zero attached hydrogens (tertiary/aromatic N) is 2. The van der Waals surface area contributed by atoms with Crippen molar-refractivity contribution in [3.05, 3.63) is 61.7 Å². The van der Waals surface area contributed by atoms with E-state index in [2.05, 4.69) is 59.0 Å². The molecule has 0 saturated heterocycles. The fraction of sp³-hybridized carbons (Fsp3) is 0.375. The van der Waals surface area contributed by atoms with Crippen LogP contribution in [-0.4, -0.2) is 9.55 Å². The first-order valence-corrected chi connectivity index (χ1v) is 7.52. The molecule has 0 amide bonds. The quantitative estimate of drug-likeness (QED) is 0.855. The Labute approximate surface area is 127 Å². The van der Waals surface area contributed by atoms with Crippen LogP contribution in [0.2, 0.25) is 0 Å². The minimum absolute atomic E-state index is 0.198. The Hall–Kier alpha value is -1.42. The summed E-state index contributed by atoms with van der Waals surface area (Å²) in [6.45, 7) is 8.66. The Morgan fingerprint density at radius 2 is 1.80 bits per heavy atom. The van der Waals surface area contributed by atoms with Gasteiger partial charge in [0.2, 0.25) is 0 Å². The predicted molar refractivity (Wildman–Crippen MR) is 85.3 cm³/mol. The molecule has 2 aromatic rings. The summed E-state index contributed by atoms with van der Waals surface area (Å²) >= 11 is 3.49. The van der Waals surface area contributed by atoms with Crippen molar-refractivity contribution in [2.45, 2.75) is 40.2 Å². The Kier molecular flexibility index (Phi) is 4.43. The van der Waals surface area contributed by atoms with E-state index in [1.165, 1.54) is 5.56 Å². The molecule has 0 saturated carbocycles. The van der Waals surface area contributed by atoms with E-state index in [1.807, 2.05) is 13.8 Å². The highest BCUT2D eigenvalue weighted by molar-refractivity contribution is 9.10. The van der Waals surface area contributed by atoms with Crippen molar-refractivity contribution in [1.29, 1.82) is 0 Å². The van der Waals surface area contributed by atoms with E-state index in [4.69, 9.17) is 0 Å². The van der Waals surface area contributed by atoms with Crippen molar-refractivity contribution in [2.75, 3.05) is 0 Å². The Bertz CT molecular complexity index is 672. The molecule has 0 aliphatic rings. The normalized spacial score (nSPS) is 11.1. The third-order valence-corrected chi connectivity index (χ3v) is 4.67. The maximum absolute atomic E-state index is 12.0. The van der Waals surface area contributed by atoms with Crippen LogP contribution in [0.1, 0.15) is 42.3 Å². The highest BCUT2D eigenvalue weighted by atomic mass is 79.9. The van der Waals surface area contributed by atoms with Crippen molar-refractivity contribution in [3.63, 3.8) is 0 Å². The summed E-state index contributed by atoms with van der Waals surface area (Å²) in [6.07, 6.45) is 0. The van der Waals surface area contributed by atoms with Crippen LogP contribution >= 0.6 is 15.9 Å².